The van der Waals surface area contributed by atoms with Gasteiger partial charge in [-0.25, -0.2) is 0 Å². The van der Waals surface area contributed by atoms with Crippen LogP contribution in [0.2, 0.25) is 0 Å². The first-order valence-corrected chi connectivity index (χ1v) is 5.57. The van der Waals surface area contributed by atoms with Crippen LogP contribution in [0.25, 0.3) is 0 Å². The molecule has 1 heterocycles. The van der Waals surface area contributed by atoms with Gasteiger partial charge in [0.2, 0.25) is 0 Å². The van der Waals surface area contributed by atoms with Crippen molar-refractivity contribution < 1.29 is 9.47 Å². The van der Waals surface area contributed by atoms with Crippen molar-refractivity contribution in [3.63, 3.8) is 0 Å². The van der Waals surface area contributed by atoms with Crippen molar-refractivity contribution in [2.75, 3.05) is 31.4 Å². The van der Waals surface area contributed by atoms with Gasteiger partial charge in [-0.3, -0.25) is 0 Å². The Balaban J connectivity index is 2.03. The Morgan fingerprint density at radius 1 is 1.38 bits per heavy atom. The monoisotopic (exact) mass is 222 g/mol. The summed E-state index contributed by atoms with van der Waals surface area (Å²) in [4.78, 5) is 0. The summed E-state index contributed by atoms with van der Waals surface area (Å²) in [5, 5.41) is 3.44. The maximum absolute atomic E-state index is 5.94. The number of rotatable bonds is 3. The first kappa shape index (κ1) is 11.1. The topological polar surface area (TPSA) is 56.5 Å². The van der Waals surface area contributed by atoms with Crippen LogP contribution in [-0.4, -0.2) is 26.4 Å². The van der Waals surface area contributed by atoms with Crippen LogP contribution < -0.4 is 15.8 Å². The molecule has 1 aliphatic rings. The number of nitrogen functional groups attached to an aromatic ring is 1. The van der Waals surface area contributed by atoms with E-state index < -0.39 is 0 Å². The van der Waals surface area contributed by atoms with Crippen molar-refractivity contribution in [3.8, 4) is 5.75 Å². The summed E-state index contributed by atoms with van der Waals surface area (Å²) in [6.45, 7) is 1.65. The Kier molecular flexibility index (Phi) is 3.51. The molecule has 3 N–H and O–H groups in total. The molecule has 4 nitrogen and oxygen atoms in total. The van der Waals surface area contributed by atoms with Crippen LogP contribution in [-0.2, 0) is 4.74 Å². The van der Waals surface area contributed by atoms with E-state index in [0.717, 1.165) is 43.2 Å². The highest BCUT2D eigenvalue weighted by Gasteiger charge is 2.14. The predicted molar refractivity (Wildman–Crippen MR) is 64.9 cm³/mol. The molecule has 0 aromatic heterocycles. The lowest BCUT2D eigenvalue weighted by Gasteiger charge is -2.24. The van der Waals surface area contributed by atoms with E-state index in [0.29, 0.717) is 6.04 Å². The Morgan fingerprint density at radius 2 is 2.12 bits per heavy atom. The van der Waals surface area contributed by atoms with Gasteiger partial charge in [0, 0.05) is 25.3 Å². The maximum atomic E-state index is 5.94. The van der Waals surface area contributed by atoms with Crippen LogP contribution in [0.5, 0.6) is 5.75 Å². The summed E-state index contributed by atoms with van der Waals surface area (Å²) in [5.41, 5.74) is 7.65. The average molecular weight is 222 g/mol. The van der Waals surface area contributed by atoms with Gasteiger partial charge < -0.3 is 20.5 Å². The minimum atomic E-state index is 0.462. The van der Waals surface area contributed by atoms with E-state index in [2.05, 4.69) is 5.32 Å². The molecule has 1 aromatic carbocycles. The normalized spacial score (nSPS) is 17.1. The zero-order chi connectivity index (χ0) is 11.4. The van der Waals surface area contributed by atoms with Gasteiger partial charge in [-0.1, -0.05) is 0 Å². The number of anilines is 2. The van der Waals surface area contributed by atoms with E-state index in [1.54, 1.807) is 7.11 Å². The standard InChI is InChI=1S/C12H18N2O2/c1-15-10-2-3-12(11(13)8-10)14-9-4-6-16-7-5-9/h2-3,8-9,14H,4-7,13H2,1H3. The molecule has 1 fully saturated rings. The number of ether oxygens (including phenoxy) is 2. The third-order valence-electron chi connectivity index (χ3n) is 2.84. The van der Waals surface area contributed by atoms with Crippen LogP contribution in [0.15, 0.2) is 18.2 Å². The average Bonchev–Trinajstić information content (AvgIpc) is 2.33. The van der Waals surface area contributed by atoms with E-state index in [9.17, 15) is 0 Å². The number of hydrogen-bond donors (Lipinski definition) is 2. The maximum Gasteiger partial charge on any atom is 0.121 e. The van der Waals surface area contributed by atoms with Gasteiger partial charge in [-0.2, -0.15) is 0 Å². The van der Waals surface area contributed by atoms with E-state index in [4.69, 9.17) is 15.2 Å². The molecule has 1 aromatic rings. The number of methoxy groups -OCH3 is 1. The largest absolute Gasteiger partial charge is 0.497 e. The highest BCUT2D eigenvalue weighted by Crippen LogP contribution is 2.26. The lowest BCUT2D eigenvalue weighted by molar-refractivity contribution is 0.0904. The number of nitrogens with one attached hydrogen (secondary N) is 1. The van der Waals surface area contributed by atoms with Crippen molar-refractivity contribution in [1.29, 1.82) is 0 Å². The molecule has 0 amide bonds. The lowest BCUT2D eigenvalue weighted by Crippen LogP contribution is -2.28. The fourth-order valence-corrected chi connectivity index (χ4v) is 1.86. The summed E-state index contributed by atoms with van der Waals surface area (Å²) in [5.74, 6) is 0.787. The molecule has 0 saturated carbocycles. The number of hydrogen-bond acceptors (Lipinski definition) is 4. The fourth-order valence-electron chi connectivity index (χ4n) is 1.86. The molecule has 16 heavy (non-hydrogen) atoms. The first-order chi connectivity index (χ1) is 7.79. The van der Waals surface area contributed by atoms with Gasteiger partial charge >= 0.3 is 0 Å². The second kappa shape index (κ2) is 5.07. The Labute approximate surface area is 95.7 Å². The van der Waals surface area contributed by atoms with Crippen LogP contribution in [0.4, 0.5) is 11.4 Å². The minimum Gasteiger partial charge on any atom is -0.497 e. The third kappa shape index (κ3) is 2.58. The Hall–Kier alpha value is -1.42. The van der Waals surface area contributed by atoms with Crippen molar-refractivity contribution in [1.82, 2.24) is 0 Å². The molecule has 0 radical (unpaired) electrons. The van der Waals surface area contributed by atoms with Crippen LogP contribution >= 0.6 is 0 Å². The third-order valence-corrected chi connectivity index (χ3v) is 2.84. The molecule has 0 atom stereocenters. The summed E-state index contributed by atoms with van der Waals surface area (Å²) >= 11 is 0. The second-order valence-corrected chi connectivity index (χ2v) is 3.98. The van der Waals surface area contributed by atoms with E-state index >= 15 is 0 Å². The van der Waals surface area contributed by atoms with Crippen LogP contribution in [0.1, 0.15) is 12.8 Å². The zero-order valence-corrected chi connectivity index (χ0v) is 9.53. The van der Waals surface area contributed by atoms with E-state index in [-0.39, 0.29) is 0 Å². The summed E-state index contributed by atoms with van der Waals surface area (Å²) in [6, 6.07) is 6.17. The van der Waals surface area contributed by atoms with Crippen molar-refractivity contribution in [3.05, 3.63) is 18.2 Å². The van der Waals surface area contributed by atoms with Crippen LogP contribution in [0, 0.1) is 0 Å². The van der Waals surface area contributed by atoms with Crippen molar-refractivity contribution in [2.24, 2.45) is 0 Å². The van der Waals surface area contributed by atoms with Crippen LogP contribution in [0.3, 0.4) is 0 Å². The first-order valence-electron chi connectivity index (χ1n) is 5.57. The van der Waals surface area contributed by atoms with Gasteiger partial charge in [-0.15, -0.1) is 0 Å². The highest BCUT2D eigenvalue weighted by molar-refractivity contribution is 5.68. The number of nitrogens with two attached hydrogens (primary N) is 1. The van der Waals surface area contributed by atoms with Crippen molar-refractivity contribution >= 4 is 11.4 Å². The van der Waals surface area contributed by atoms with E-state index in [1.807, 2.05) is 18.2 Å². The van der Waals surface area contributed by atoms with Gasteiger partial charge in [0.1, 0.15) is 5.75 Å². The van der Waals surface area contributed by atoms with Gasteiger partial charge in [-0.05, 0) is 25.0 Å². The molecular weight excluding hydrogens is 204 g/mol. The molecular formula is C12H18N2O2. The molecule has 0 unspecified atom stereocenters. The SMILES string of the molecule is COc1ccc(NC2CCOCC2)c(N)c1. The summed E-state index contributed by atoms with van der Waals surface area (Å²) < 4.78 is 10.4. The molecule has 4 heteroatoms. The summed E-state index contributed by atoms with van der Waals surface area (Å²) in [6.07, 6.45) is 2.07. The van der Waals surface area contributed by atoms with E-state index in [1.165, 1.54) is 0 Å². The lowest BCUT2D eigenvalue weighted by atomic mass is 10.1. The molecule has 1 aliphatic heterocycles. The quantitative estimate of drug-likeness (QED) is 0.766. The Morgan fingerprint density at radius 3 is 2.75 bits per heavy atom. The molecule has 2 rings (SSSR count). The molecule has 0 bridgehead atoms. The molecule has 0 aliphatic carbocycles. The van der Waals surface area contributed by atoms with Gasteiger partial charge in [0.15, 0.2) is 0 Å². The molecule has 0 spiro atoms. The number of benzene rings is 1. The molecule has 88 valence electrons. The smallest absolute Gasteiger partial charge is 0.121 e. The Bertz CT molecular complexity index is 349. The predicted octanol–water partition coefficient (Wildman–Crippen LogP) is 1.87. The minimum absolute atomic E-state index is 0.462. The second-order valence-electron chi connectivity index (χ2n) is 3.98. The summed E-state index contributed by atoms with van der Waals surface area (Å²) in [7, 11) is 1.64. The fraction of sp³-hybridized carbons (Fsp3) is 0.500. The van der Waals surface area contributed by atoms with Crippen molar-refractivity contribution in [2.45, 2.75) is 18.9 Å². The molecule has 1 saturated heterocycles. The highest BCUT2D eigenvalue weighted by atomic mass is 16.5. The van der Waals surface area contributed by atoms with Gasteiger partial charge in [0.05, 0.1) is 18.5 Å². The zero-order valence-electron chi connectivity index (χ0n) is 9.53. The van der Waals surface area contributed by atoms with Gasteiger partial charge in [0.25, 0.3) is 0 Å².